The van der Waals surface area contributed by atoms with Crippen LogP contribution in [0.15, 0.2) is 48.5 Å². The Bertz CT molecular complexity index is 624. The number of nitrogens with zero attached hydrogens (tertiary/aromatic N) is 1. The fraction of sp³-hybridized carbons (Fsp3) is 0.125. The molecule has 0 bridgehead atoms. The number of amides is 2. The number of carbonyl (C=O) groups excluding carboxylic acids is 1. The molecule has 0 aliphatic carbocycles. The van der Waals surface area contributed by atoms with Crippen LogP contribution >= 0.6 is 0 Å². The molecule has 2 aromatic carbocycles. The lowest BCUT2D eigenvalue weighted by Gasteiger charge is -2.08. The fourth-order valence-electron chi connectivity index (χ4n) is 1.69. The van der Waals surface area contributed by atoms with Crippen molar-refractivity contribution in [3.63, 3.8) is 0 Å². The lowest BCUT2D eigenvalue weighted by atomic mass is 10.1. The summed E-state index contributed by atoms with van der Waals surface area (Å²) in [6.45, 7) is 2.50. The summed E-state index contributed by atoms with van der Waals surface area (Å²) in [5, 5.41) is 14.2. The Hall–Kier alpha value is -2.80. The standard InChI is InChI=1S/C16H15N3O/c1-12-2-4-14(5-3-12)11-18-16(20)19-15-8-6-13(10-17)7-9-15/h2-9H,11H2,1H3,(H2,18,19,20). The molecule has 0 atom stereocenters. The average molecular weight is 265 g/mol. The van der Waals surface area contributed by atoms with Crippen LogP contribution in [0.1, 0.15) is 16.7 Å². The molecule has 0 aliphatic rings. The van der Waals surface area contributed by atoms with Crippen molar-refractivity contribution in [2.45, 2.75) is 13.5 Å². The van der Waals surface area contributed by atoms with E-state index in [1.807, 2.05) is 37.3 Å². The van der Waals surface area contributed by atoms with E-state index in [4.69, 9.17) is 5.26 Å². The van der Waals surface area contributed by atoms with Gasteiger partial charge in [0, 0.05) is 12.2 Å². The largest absolute Gasteiger partial charge is 0.334 e. The molecule has 0 aromatic heterocycles. The van der Waals surface area contributed by atoms with Crippen LogP contribution in [0.2, 0.25) is 0 Å². The minimum absolute atomic E-state index is 0.268. The Kier molecular flexibility index (Phi) is 4.35. The van der Waals surface area contributed by atoms with E-state index < -0.39 is 0 Å². The van der Waals surface area contributed by atoms with Crippen molar-refractivity contribution in [3.05, 3.63) is 65.2 Å². The van der Waals surface area contributed by atoms with E-state index in [9.17, 15) is 4.79 Å². The van der Waals surface area contributed by atoms with Gasteiger partial charge in [-0.3, -0.25) is 0 Å². The van der Waals surface area contributed by atoms with E-state index in [2.05, 4.69) is 10.6 Å². The second-order valence-corrected chi connectivity index (χ2v) is 4.48. The van der Waals surface area contributed by atoms with Crippen molar-refractivity contribution in [3.8, 4) is 6.07 Å². The number of rotatable bonds is 3. The van der Waals surface area contributed by atoms with Crippen LogP contribution in [0.4, 0.5) is 10.5 Å². The molecule has 0 heterocycles. The first kappa shape index (κ1) is 13.6. The molecule has 4 heteroatoms. The summed E-state index contributed by atoms with van der Waals surface area (Å²) in [5.41, 5.74) is 3.46. The molecule has 2 rings (SSSR count). The van der Waals surface area contributed by atoms with Gasteiger partial charge in [-0.05, 0) is 36.8 Å². The molecule has 0 saturated carbocycles. The van der Waals surface area contributed by atoms with Crippen molar-refractivity contribution in [1.29, 1.82) is 5.26 Å². The highest BCUT2D eigenvalue weighted by molar-refractivity contribution is 5.89. The van der Waals surface area contributed by atoms with E-state index >= 15 is 0 Å². The predicted molar refractivity (Wildman–Crippen MR) is 78.2 cm³/mol. The monoisotopic (exact) mass is 265 g/mol. The average Bonchev–Trinajstić information content (AvgIpc) is 2.47. The van der Waals surface area contributed by atoms with Crippen LogP contribution in [-0.2, 0) is 6.54 Å². The number of aryl methyl sites for hydroxylation is 1. The SMILES string of the molecule is Cc1ccc(CNC(=O)Nc2ccc(C#N)cc2)cc1. The summed E-state index contributed by atoms with van der Waals surface area (Å²) in [4.78, 5) is 11.7. The second kappa shape index (κ2) is 6.39. The van der Waals surface area contributed by atoms with Crippen molar-refractivity contribution in [1.82, 2.24) is 5.32 Å². The molecule has 0 spiro atoms. The molecule has 2 aromatic rings. The fourth-order valence-corrected chi connectivity index (χ4v) is 1.69. The first-order valence-electron chi connectivity index (χ1n) is 6.28. The number of hydrogen-bond donors (Lipinski definition) is 2. The summed E-state index contributed by atoms with van der Waals surface area (Å²) in [6, 6.07) is 16.5. The van der Waals surface area contributed by atoms with Gasteiger partial charge in [0.25, 0.3) is 0 Å². The highest BCUT2D eigenvalue weighted by Crippen LogP contribution is 2.08. The van der Waals surface area contributed by atoms with Crippen molar-refractivity contribution in [2.24, 2.45) is 0 Å². The van der Waals surface area contributed by atoms with Crippen molar-refractivity contribution >= 4 is 11.7 Å². The molecular formula is C16H15N3O. The van der Waals surface area contributed by atoms with Crippen LogP contribution in [0, 0.1) is 18.3 Å². The molecule has 0 fully saturated rings. The highest BCUT2D eigenvalue weighted by Gasteiger charge is 2.01. The zero-order valence-electron chi connectivity index (χ0n) is 11.2. The summed E-state index contributed by atoms with van der Waals surface area (Å²) < 4.78 is 0. The first-order valence-corrected chi connectivity index (χ1v) is 6.28. The highest BCUT2D eigenvalue weighted by atomic mass is 16.2. The number of anilines is 1. The smallest absolute Gasteiger partial charge is 0.319 e. The van der Waals surface area contributed by atoms with Crippen LogP contribution in [0.25, 0.3) is 0 Å². The van der Waals surface area contributed by atoms with Gasteiger partial charge in [0.2, 0.25) is 0 Å². The molecule has 0 radical (unpaired) electrons. The Morgan fingerprint density at radius 3 is 2.35 bits per heavy atom. The van der Waals surface area contributed by atoms with E-state index in [1.54, 1.807) is 24.3 Å². The van der Waals surface area contributed by atoms with Gasteiger partial charge in [0.15, 0.2) is 0 Å². The molecule has 4 nitrogen and oxygen atoms in total. The van der Waals surface area contributed by atoms with E-state index in [-0.39, 0.29) is 6.03 Å². The summed E-state index contributed by atoms with van der Waals surface area (Å²) in [6.07, 6.45) is 0. The molecule has 0 aliphatic heterocycles. The third kappa shape index (κ3) is 3.85. The number of carbonyl (C=O) groups is 1. The topological polar surface area (TPSA) is 64.9 Å². The first-order chi connectivity index (χ1) is 9.67. The molecule has 0 saturated heterocycles. The third-order valence-corrected chi connectivity index (χ3v) is 2.85. The normalized spacial score (nSPS) is 9.60. The Morgan fingerprint density at radius 1 is 1.10 bits per heavy atom. The Labute approximate surface area is 118 Å². The van der Waals surface area contributed by atoms with Crippen LogP contribution in [-0.4, -0.2) is 6.03 Å². The van der Waals surface area contributed by atoms with Crippen LogP contribution < -0.4 is 10.6 Å². The van der Waals surface area contributed by atoms with Gasteiger partial charge in [-0.1, -0.05) is 29.8 Å². The maximum atomic E-state index is 11.7. The zero-order chi connectivity index (χ0) is 14.4. The number of benzene rings is 2. The maximum Gasteiger partial charge on any atom is 0.319 e. The summed E-state index contributed by atoms with van der Waals surface area (Å²) >= 11 is 0. The van der Waals surface area contributed by atoms with Crippen LogP contribution in [0.5, 0.6) is 0 Å². The van der Waals surface area contributed by atoms with Gasteiger partial charge in [-0.25, -0.2) is 4.79 Å². The van der Waals surface area contributed by atoms with Crippen molar-refractivity contribution < 1.29 is 4.79 Å². The lowest BCUT2D eigenvalue weighted by Crippen LogP contribution is -2.28. The number of hydrogen-bond acceptors (Lipinski definition) is 2. The molecule has 100 valence electrons. The quantitative estimate of drug-likeness (QED) is 0.895. The molecule has 0 unspecified atom stereocenters. The molecule has 20 heavy (non-hydrogen) atoms. The van der Waals surface area contributed by atoms with Crippen molar-refractivity contribution in [2.75, 3.05) is 5.32 Å². The summed E-state index contributed by atoms with van der Waals surface area (Å²) in [5.74, 6) is 0. The van der Waals surface area contributed by atoms with Gasteiger partial charge in [0.1, 0.15) is 0 Å². The second-order valence-electron chi connectivity index (χ2n) is 4.48. The van der Waals surface area contributed by atoms with E-state index in [0.29, 0.717) is 17.8 Å². The number of urea groups is 1. The molecule has 2 amide bonds. The Morgan fingerprint density at radius 2 is 1.75 bits per heavy atom. The summed E-state index contributed by atoms with van der Waals surface area (Å²) in [7, 11) is 0. The third-order valence-electron chi connectivity index (χ3n) is 2.85. The minimum atomic E-state index is -0.268. The van der Waals surface area contributed by atoms with Gasteiger partial charge in [-0.15, -0.1) is 0 Å². The number of nitriles is 1. The molecule has 2 N–H and O–H groups in total. The predicted octanol–water partition coefficient (Wildman–Crippen LogP) is 3.19. The van der Waals surface area contributed by atoms with Gasteiger partial charge in [-0.2, -0.15) is 5.26 Å². The van der Waals surface area contributed by atoms with Gasteiger partial charge >= 0.3 is 6.03 Å². The lowest BCUT2D eigenvalue weighted by molar-refractivity contribution is 0.251. The van der Waals surface area contributed by atoms with Gasteiger partial charge in [0.05, 0.1) is 11.6 Å². The van der Waals surface area contributed by atoms with Crippen LogP contribution in [0.3, 0.4) is 0 Å². The Balaban J connectivity index is 1.86. The zero-order valence-corrected chi connectivity index (χ0v) is 11.2. The molecular weight excluding hydrogens is 250 g/mol. The van der Waals surface area contributed by atoms with E-state index in [1.165, 1.54) is 5.56 Å². The van der Waals surface area contributed by atoms with E-state index in [0.717, 1.165) is 5.56 Å². The minimum Gasteiger partial charge on any atom is -0.334 e. The maximum absolute atomic E-state index is 11.7. The number of nitrogens with one attached hydrogen (secondary N) is 2. The van der Waals surface area contributed by atoms with Gasteiger partial charge < -0.3 is 10.6 Å².